The van der Waals surface area contributed by atoms with Gasteiger partial charge in [0.05, 0.1) is 17.8 Å². The van der Waals surface area contributed by atoms with E-state index in [2.05, 4.69) is 35.4 Å². The second-order valence-corrected chi connectivity index (χ2v) is 5.21. The molecule has 0 aliphatic carbocycles. The molecule has 0 fully saturated rings. The van der Waals surface area contributed by atoms with Crippen LogP contribution in [0.5, 0.6) is 0 Å². The van der Waals surface area contributed by atoms with E-state index >= 15 is 0 Å². The molecule has 0 spiro atoms. The third-order valence-electron chi connectivity index (χ3n) is 3.92. The minimum atomic E-state index is -0.172. The Morgan fingerprint density at radius 2 is 1.71 bits per heavy atom. The van der Waals surface area contributed by atoms with E-state index < -0.39 is 0 Å². The van der Waals surface area contributed by atoms with Crippen LogP contribution in [0, 0.1) is 0 Å². The van der Waals surface area contributed by atoms with Gasteiger partial charge < -0.3 is 5.73 Å². The summed E-state index contributed by atoms with van der Waals surface area (Å²) in [5.41, 5.74) is 9.67. The zero-order chi connectivity index (χ0) is 14.2. The Morgan fingerprint density at radius 3 is 2.62 bits per heavy atom. The van der Waals surface area contributed by atoms with Crippen LogP contribution in [0.25, 0.3) is 16.3 Å². The van der Waals surface area contributed by atoms with Crippen LogP contribution < -0.4 is 5.73 Å². The lowest BCUT2D eigenvalue weighted by molar-refractivity contribution is 0.882. The summed E-state index contributed by atoms with van der Waals surface area (Å²) in [7, 11) is 0. The van der Waals surface area contributed by atoms with Crippen LogP contribution in [-0.4, -0.2) is 9.61 Å². The number of nitrogens with two attached hydrogens (primary N) is 1. The van der Waals surface area contributed by atoms with Gasteiger partial charge in [-0.15, -0.1) is 0 Å². The van der Waals surface area contributed by atoms with E-state index in [-0.39, 0.29) is 6.04 Å². The first-order valence-corrected chi connectivity index (χ1v) is 6.99. The van der Waals surface area contributed by atoms with Crippen LogP contribution in [0.1, 0.15) is 17.2 Å². The molecule has 2 heterocycles. The highest BCUT2D eigenvalue weighted by molar-refractivity contribution is 5.83. The first-order chi connectivity index (χ1) is 10.3. The van der Waals surface area contributed by atoms with Gasteiger partial charge in [0.25, 0.3) is 0 Å². The van der Waals surface area contributed by atoms with Gasteiger partial charge in [-0.2, -0.15) is 5.10 Å². The topological polar surface area (TPSA) is 43.3 Å². The molecule has 0 bridgehead atoms. The van der Waals surface area contributed by atoms with E-state index in [0.717, 1.165) is 16.6 Å². The molecule has 1 atom stereocenters. The normalized spacial score (nSPS) is 12.8. The lowest BCUT2D eigenvalue weighted by atomic mass is 9.98. The summed E-state index contributed by atoms with van der Waals surface area (Å²) in [6.45, 7) is 0. The van der Waals surface area contributed by atoms with E-state index in [1.165, 1.54) is 10.8 Å². The number of nitrogens with zero attached hydrogens (tertiary/aromatic N) is 2. The van der Waals surface area contributed by atoms with Gasteiger partial charge in [0.1, 0.15) is 0 Å². The second kappa shape index (κ2) is 4.72. The molecule has 3 nitrogen and oxygen atoms in total. The van der Waals surface area contributed by atoms with Crippen LogP contribution in [0.3, 0.4) is 0 Å². The fourth-order valence-corrected chi connectivity index (χ4v) is 2.77. The molecule has 1 unspecified atom stereocenters. The summed E-state index contributed by atoms with van der Waals surface area (Å²) in [5.74, 6) is 0. The predicted octanol–water partition coefficient (Wildman–Crippen LogP) is 3.54. The molecule has 2 aromatic heterocycles. The van der Waals surface area contributed by atoms with Crippen molar-refractivity contribution in [2.75, 3.05) is 0 Å². The number of pyridine rings is 1. The predicted molar refractivity (Wildman–Crippen MR) is 85.2 cm³/mol. The first-order valence-electron chi connectivity index (χ1n) is 6.99. The van der Waals surface area contributed by atoms with Crippen LogP contribution in [0.15, 0.2) is 73.1 Å². The maximum Gasteiger partial charge on any atom is 0.0712 e. The number of rotatable bonds is 2. The summed E-state index contributed by atoms with van der Waals surface area (Å²) in [6.07, 6.45) is 3.79. The lowest BCUT2D eigenvalue weighted by Crippen LogP contribution is -2.11. The molecule has 0 saturated heterocycles. The highest BCUT2D eigenvalue weighted by Crippen LogP contribution is 2.26. The smallest absolute Gasteiger partial charge is 0.0712 e. The van der Waals surface area contributed by atoms with Crippen LogP contribution in [-0.2, 0) is 0 Å². The highest BCUT2D eigenvalue weighted by Gasteiger charge is 2.14. The van der Waals surface area contributed by atoms with Gasteiger partial charge in [0.15, 0.2) is 0 Å². The maximum absolute atomic E-state index is 6.46. The quantitative estimate of drug-likeness (QED) is 0.607. The van der Waals surface area contributed by atoms with Crippen LogP contribution in [0.4, 0.5) is 0 Å². The van der Waals surface area contributed by atoms with E-state index in [1.807, 2.05) is 47.2 Å². The van der Waals surface area contributed by atoms with Gasteiger partial charge in [0, 0.05) is 11.8 Å². The number of aromatic nitrogens is 2. The molecular formula is C18H15N3. The van der Waals surface area contributed by atoms with Gasteiger partial charge in [0.2, 0.25) is 0 Å². The molecule has 4 rings (SSSR count). The Hall–Kier alpha value is -2.65. The van der Waals surface area contributed by atoms with Crippen molar-refractivity contribution in [3.05, 3.63) is 84.2 Å². The summed E-state index contributed by atoms with van der Waals surface area (Å²) >= 11 is 0. The summed E-state index contributed by atoms with van der Waals surface area (Å²) < 4.78 is 1.86. The molecule has 2 N–H and O–H groups in total. The molecule has 0 radical (unpaired) electrons. The Kier molecular flexibility index (Phi) is 2.72. The SMILES string of the molecule is NC(c1ccc2ccccc2c1)c1cnn2ccccc12. The Balaban J connectivity index is 1.83. The molecule has 0 aliphatic heterocycles. The largest absolute Gasteiger partial charge is 0.320 e. The molecule has 4 aromatic rings. The average Bonchev–Trinajstić information content (AvgIpc) is 2.98. The van der Waals surface area contributed by atoms with Gasteiger partial charge in [-0.05, 0) is 34.5 Å². The molecular weight excluding hydrogens is 258 g/mol. The summed E-state index contributed by atoms with van der Waals surface area (Å²) in [4.78, 5) is 0. The molecule has 0 saturated carbocycles. The van der Waals surface area contributed by atoms with Crippen LogP contribution >= 0.6 is 0 Å². The van der Waals surface area contributed by atoms with Crippen molar-refractivity contribution in [1.82, 2.24) is 9.61 Å². The van der Waals surface area contributed by atoms with Crippen molar-refractivity contribution in [3.63, 3.8) is 0 Å². The number of benzene rings is 2. The molecule has 21 heavy (non-hydrogen) atoms. The van der Waals surface area contributed by atoms with Crippen molar-refractivity contribution in [2.24, 2.45) is 5.73 Å². The van der Waals surface area contributed by atoms with Crippen molar-refractivity contribution < 1.29 is 0 Å². The van der Waals surface area contributed by atoms with Crippen molar-refractivity contribution >= 4 is 16.3 Å². The number of hydrogen-bond donors (Lipinski definition) is 1. The summed E-state index contributed by atoms with van der Waals surface area (Å²) in [6, 6.07) is 20.5. The lowest BCUT2D eigenvalue weighted by Gasteiger charge is -2.12. The van der Waals surface area contributed by atoms with E-state index in [4.69, 9.17) is 5.73 Å². The number of fused-ring (bicyclic) bond motifs is 2. The van der Waals surface area contributed by atoms with E-state index in [9.17, 15) is 0 Å². The van der Waals surface area contributed by atoms with Crippen LogP contribution in [0.2, 0.25) is 0 Å². The Labute approximate surface area is 122 Å². The standard InChI is InChI=1S/C18H15N3/c19-18(16-12-20-21-10-4-3-7-17(16)21)15-9-8-13-5-1-2-6-14(13)11-15/h1-12,18H,19H2. The highest BCUT2D eigenvalue weighted by atomic mass is 15.2. The van der Waals surface area contributed by atoms with Gasteiger partial charge in [-0.1, -0.05) is 42.5 Å². The number of hydrogen-bond acceptors (Lipinski definition) is 2. The second-order valence-electron chi connectivity index (χ2n) is 5.21. The van der Waals surface area contributed by atoms with Crippen molar-refractivity contribution in [3.8, 4) is 0 Å². The monoisotopic (exact) mass is 273 g/mol. The van der Waals surface area contributed by atoms with Gasteiger partial charge in [-0.3, -0.25) is 0 Å². The minimum Gasteiger partial charge on any atom is -0.320 e. The molecule has 2 aromatic carbocycles. The fraction of sp³-hybridized carbons (Fsp3) is 0.0556. The fourth-order valence-electron chi connectivity index (χ4n) is 2.77. The van der Waals surface area contributed by atoms with Crippen molar-refractivity contribution in [1.29, 1.82) is 0 Å². The zero-order valence-electron chi connectivity index (χ0n) is 11.5. The molecule has 3 heteroatoms. The van der Waals surface area contributed by atoms with E-state index in [0.29, 0.717) is 0 Å². The Bertz CT molecular complexity index is 924. The molecule has 0 aliphatic rings. The first kappa shape index (κ1) is 12.1. The molecule has 102 valence electrons. The Morgan fingerprint density at radius 1 is 0.905 bits per heavy atom. The maximum atomic E-state index is 6.46. The average molecular weight is 273 g/mol. The molecule has 0 amide bonds. The third-order valence-corrected chi connectivity index (χ3v) is 3.92. The minimum absolute atomic E-state index is 0.172. The zero-order valence-corrected chi connectivity index (χ0v) is 11.5. The summed E-state index contributed by atoms with van der Waals surface area (Å²) in [5, 5.41) is 6.80. The van der Waals surface area contributed by atoms with Gasteiger partial charge >= 0.3 is 0 Å². The van der Waals surface area contributed by atoms with E-state index in [1.54, 1.807) is 0 Å². The van der Waals surface area contributed by atoms with Crippen molar-refractivity contribution in [2.45, 2.75) is 6.04 Å². The third kappa shape index (κ3) is 1.99. The van der Waals surface area contributed by atoms with Gasteiger partial charge in [-0.25, -0.2) is 4.52 Å².